The molecule has 3 nitrogen and oxygen atoms in total. The van der Waals surface area contributed by atoms with Gasteiger partial charge in [-0.25, -0.2) is 4.98 Å². The number of benzene rings is 1. The number of aryl methyl sites for hydroxylation is 1. The highest BCUT2D eigenvalue weighted by Gasteiger charge is 2.26. The van der Waals surface area contributed by atoms with E-state index in [0.717, 1.165) is 25.3 Å². The number of piperazine rings is 1. The van der Waals surface area contributed by atoms with Gasteiger partial charge in [-0.2, -0.15) is 0 Å². The van der Waals surface area contributed by atoms with Crippen LogP contribution in [-0.2, 0) is 6.54 Å². The molecule has 1 aliphatic rings. The van der Waals surface area contributed by atoms with Crippen LogP contribution in [0.25, 0.3) is 0 Å². The van der Waals surface area contributed by atoms with E-state index in [1.54, 1.807) is 11.3 Å². The molecule has 2 unspecified atom stereocenters. The van der Waals surface area contributed by atoms with E-state index in [2.05, 4.69) is 64.8 Å². The van der Waals surface area contributed by atoms with E-state index < -0.39 is 0 Å². The summed E-state index contributed by atoms with van der Waals surface area (Å²) in [6.07, 6.45) is 0. The van der Waals surface area contributed by atoms with Crippen molar-refractivity contribution in [3.8, 4) is 0 Å². The molecule has 1 aromatic heterocycles. The minimum atomic E-state index is 0.424. The highest BCUT2D eigenvalue weighted by Crippen LogP contribution is 2.22. The normalized spacial score (nSPS) is 23.9. The van der Waals surface area contributed by atoms with Crippen LogP contribution in [0, 0.1) is 6.92 Å². The van der Waals surface area contributed by atoms with E-state index in [-0.39, 0.29) is 0 Å². The van der Waals surface area contributed by atoms with Crippen LogP contribution in [0.2, 0.25) is 0 Å². The quantitative estimate of drug-likeness (QED) is 0.940. The van der Waals surface area contributed by atoms with Gasteiger partial charge in [0.25, 0.3) is 0 Å². The lowest BCUT2D eigenvalue weighted by atomic mass is 10.0. The Morgan fingerprint density at radius 1 is 1.35 bits per heavy atom. The summed E-state index contributed by atoms with van der Waals surface area (Å²) in [5.41, 5.74) is 2.51. The molecule has 2 heterocycles. The smallest absolute Gasteiger partial charge is 0.107 e. The zero-order valence-electron chi connectivity index (χ0n) is 12.0. The molecular formula is C16H21N3S. The van der Waals surface area contributed by atoms with Gasteiger partial charge in [-0.1, -0.05) is 30.3 Å². The molecule has 0 radical (unpaired) electrons. The molecule has 1 aromatic carbocycles. The van der Waals surface area contributed by atoms with E-state index in [0.29, 0.717) is 12.1 Å². The van der Waals surface area contributed by atoms with Crippen molar-refractivity contribution in [2.45, 2.75) is 32.5 Å². The van der Waals surface area contributed by atoms with Crippen molar-refractivity contribution in [1.82, 2.24) is 15.2 Å². The van der Waals surface area contributed by atoms with Crippen LogP contribution < -0.4 is 5.32 Å². The van der Waals surface area contributed by atoms with Crippen LogP contribution in [0.5, 0.6) is 0 Å². The Balaban J connectivity index is 1.70. The summed E-state index contributed by atoms with van der Waals surface area (Å²) < 4.78 is 0. The monoisotopic (exact) mass is 287 g/mol. The summed E-state index contributed by atoms with van der Waals surface area (Å²) in [5.74, 6) is 0. The number of nitrogens with zero attached hydrogens (tertiary/aromatic N) is 2. The van der Waals surface area contributed by atoms with Crippen molar-refractivity contribution in [2.24, 2.45) is 0 Å². The van der Waals surface area contributed by atoms with Crippen LogP contribution in [0.15, 0.2) is 35.7 Å². The first kappa shape index (κ1) is 13.7. The van der Waals surface area contributed by atoms with Crippen LogP contribution >= 0.6 is 11.3 Å². The first-order valence-corrected chi connectivity index (χ1v) is 8.04. The van der Waals surface area contributed by atoms with Crippen molar-refractivity contribution < 1.29 is 0 Å². The lowest BCUT2D eigenvalue weighted by molar-refractivity contribution is 0.133. The highest BCUT2D eigenvalue weighted by atomic mass is 32.1. The minimum absolute atomic E-state index is 0.424. The fraction of sp³-hybridized carbons (Fsp3) is 0.438. The summed E-state index contributed by atoms with van der Waals surface area (Å²) >= 11 is 1.77. The van der Waals surface area contributed by atoms with Gasteiger partial charge in [0.1, 0.15) is 5.01 Å². The van der Waals surface area contributed by atoms with Gasteiger partial charge in [-0.15, -0.1) is 11.3 Å². The molecule has 0 aliphatic carbocycles. The predicted molar refractivity (Wildman–Crippen MR) is 83.9 cm³/mol. The molecule has 1 N–H and O–H groups in total. The summed E-state index contributed by atoms with van der Waals surface area (Å²) in [6, 6.07) is 11.7. The van der Waals surface area contributed by atoms with Crippen molar-refractivity contribution in [3.63, 3.8) is 0 Å². The molecule has 3 rings (SSSR count). The van der Waals surface area contributed by atoms with E-state index in [4.69, 9.17) is 0 Å². The molecule has 1 saturated heterocycles. The first-order valence-electron chi connectivity index (χ1n) is 7.16. The third-order valence-corrected chi connectivity index (χ3v) is 4.86. The van der Waals surface area contributed by atoms with Gasteiger partial charge < -0.3 is 5.32 Å². The van der Waals surface area contributed by atoms with Gasteiger partial charge >= 0.3 is 0 Å². The van der Waals surface area contributed by atoms with Gasteiger partial charge in [0, 0.05) is 36.2 Å². The van der Waals surface area contributed by atoms with Crippen LogP contribution in [0.3, 0.4) is 0 Å². The van der Waals surface area contributed by atoms with Crippen molar-refractivity contribution in [3.05, 3.63) is 52.0 Å². The Morgan fingerprint density at radius 2 is 2.15 bits per heavy atom. The molecule has 1 aliphatic heterocycles. The fourth-order valence-corrected chi connectivity index (χ4v) is 3.50. The summed E-state index contributed by atoms with van der Waals surface area (Å²) in [6.45, 7) is 7.39. The van der Waals surface area contributed by atoms with E-state index in [1.807, 2.05) is 0 Å². The lowest BCUT2D eigenvalue weighted by Crippen LogP contribution is -2.50. The summed E-state index contributed by atoms with van der Waals surface area (Å²) in [5, 5.41) is 7.01. The molecule has 2 atom stereocenters. The molecule has 2 aromatic rings. The fourth-order valence-electron chi connectivity index (χ4n) is 2.70. The zero-order chi connectivity index (χ0) is 13.9. The standard InChI is InChI=1S/C16H21N3S/c1-12-11-20-16(18-12)10-19-9-15(17-8-13(19)2)14-6-4-3-5-7-14/h3-7,11,13,15,17H,8-10H2,1-2H3. The molecule has 1 fully saturated rings. The van der Waals surface area contributed by atoms with Crippen LogP contribution in [0.1, 0.15) is 29.2 Å². The van der Waals surface area contributed by atoms with Crippen molar-refractivity contribution in [1.29, 1.82) is 0 Å². The largest absolute Gasteiger partial charge is 0.307 e. The third kappa shape index (κ3) is 3.08. The second-order valence-electron chi connectivity index (χ2n) is 5.53. The second-order valence-corrected chi connectivity index (χ2v) is 6.48. The summed E-state index contributed by atoms with van der Waals surface area (Å²) in [4.78, 5) is 7.13. The van der Waals surface area contributed by atoms with Gasteiger partial charge in [-0.05, 0) is 19.4 Å². The van der Waals surface area contributed by atoms with Crippen molar-refractivity contribution in [2.75, 3.05) is 13.1 Å². The number of hydrogen-bond acceptors (Lipinski definition) is 4. The first-order chi connectivity index (χ1) is 9.72. The Labute approximate surface area is 124 Å². The number of aromatic nitrogens is 1. The Kier molecular flexibility index (Phi) is 4.15. The molecule has 0 spiro atoms. The topological polar surface area (TPSA) is 28.2 Å². The maximum Gasteiger partial charge on any atom is 0.107 e. The van der Waals surface area contributed by atoms with E-state index >= 15 is 0 Å². The van der Waals surface area contributed by atoms with Crippen molar-refractivity contribution >= 4 is 11.3 Å². The van der Waals surface area contributed by atoms with Gasteiger partial charge in [0.2, 0.25) is 0 Å². The number of rotatable bonds is 3. The molecule has 0 amide bonds. The lowest BCUT2D eigenvalue weighted by Gasteiger charge is -2.38. The second kappa shape index (κ2) is 6.04. The highest BCUT2D eigenvalue weighted by molar-refractivity contribution is 7.09. The van der Waals surface area contributed by atoms with E-state index in [1.165, 1.54) is 10.6 Å². The minimum Gasteiger partial charge on any atom is -0.307 e. The molecule has 0 bridgehead atoms. The molecule has 0 saturated carbocycles. The number of nitrogens with one attached hydrogen (secondary N) is 1. The SMILES string of the molecule is Cc1csc(CN2CC(c3ccccc3)NCC2C)n1. The zero-order valence-corrected chi connectivity index (χ0v) is 12.9. The third-order valence-electron chi connectivity index (χ3n) is 3.91. The number of thiazole rings is 1. The number of hydrogen-bond donors (Lipinski definition) is 1. The van der Waals surface area contributed by atoms with Gasteiger partial charge in [0.05, 0.1) is 6.54 Å². The average molecular weight is 287 g/mol. The maximum atomic E-state index is 4.59. The van der Waals surface area contributed by atoms with Gasteiger partial charge in [0.15, 0.2) is 0 Å². The van der Waals surface area contributed by atoms with Crippen LogP contribution in [0.4, 0.5) is 0 Å². The predicted octanol–water partition coefficient (Wildman–Crippen LogP) is 2.99. The Morgan fingerprint density at radius 3 is 2.85 bits per heavy atom. The Hall–Kier alpha value is -1.23. The molecule has 4 heteroatoms. The van der Waals surface area contributed by atoms with E-state index in [9.17, 15) is 0 Å². The van der Waals surface area contributed by atoms with Gasteiger partial charge in [-0.3, -0.25) is 4.90 Å². The maximum absolute atomic E-state index is 4.59. The van der Waals surface area contributed by atoms with Crippen LogP contribution in [-0.4, -0.2) is 29.0 Å². The molecular weight excluding hydrogens is 266 g/mol. The molecule has 20 heavy (non-hydrogen) atoms. The summed E-state index contributed by atoms with van der Waals surface area (Å²) in [7, 11) is 0. The molecule has 106 valence electrons. The average Bonchev–Trinajstić information content (AvgIpc) is 2.88. The Bertz CT molecular complexity index is 552.